The second-order valence-corrected chi connectivity index (χ2v) is 5.26. The SMILES string of the molecule is O=C(O)c1cccc(CCc2cccc(NS(=O)O)c2)c1. The summed E-state index contributed by atoms with van der Waals surface area (Å²) in [7, 11) is 0. The Hall–Kier alpha value is -2.18. The van der Waals surface area contributed by atoms with Gasteiger partial charge >= 0.3 is 5.97 Å². The molecule has 6 heteroatoms. The zero-order valence-electron chi connectivity index (χ0n) is 11.2. The topological polar surface area (TPSA) is 86.6 Å². The van der Waals surface area contributed by atoms with Gasteiger partial charge in [-0.1, -0.05) is 24.3 Å². The lowest BCUT2D eigenvalue weighted by molar-refractivity contribution is 0.0696. The molecule has 110 valence electrons. The predicted molar refractivity (Wildman–Crippen MR) is 81.6 cm³/mol. The first-order valence-corrected chi connectivity index (χ1v) is 7.44. The van der Waals surface area contributed by atoms with Crippen LogP contribution in [0.15, 0.2) is 48.5 Å². The lowest BCUT2D eigenvalue weighted by Crippen LogP contribution is -2.02. The van der Waals surface area contributed by atoms with Crippen molar-refractivity contribution in [1.82, 2.24) is 0 Å². The summed E-state index contributed by atoms with van der Waals surface area (Å²) in [6.07, 6.45) is 1.42. The third kappa shape index (κ3) is 4.70. The Morgan fingerprint density at radius 1 is 1.05 bits per heavy atom. The van der Waals surface area contributed by atoms with E-state index >= 15 is 0 Å². The molecule has 0 aromatic heterocycles. The van der Waals surface area contributed by atoms with Crippen LogP contribution < -0.4 is 4.72 Å². The van der Waals surface area contributed by atoms with E-state index in [1.807, 2.05) is 12.1 Å². The maximum Gasteiger partial charge on any atom is 0.335 e. The second kappa shape index (κ2) is 7.01. The minimum atomic E-state index is -2.09. The number of anilines is 1. The molecular weight excluding hydrogens is 290 g/mol. The van der Waals surface area contributed by atoms with Gasteiger partial charge in [-0.3, -0.25) is 9.27 Å². The van der Waals surface area contributed by atoms with Gasteiger partial charge in [-0.05, 0) is 48.2 Å². The summed E-state index contributed by atoms with van der Waals surface area (Å²) < 4.78 is 21.9. The highest BCUT2D eigenvalue weighted by atomic mass is 32.2. The maximum absolute atomic E-state index is 10.9. The molecule has 0 saturated heterocycles. The summed E-state index contributed by atoms with van der Waals surface area (Å²) in [4.78, 5) is 10.9. The van der Waals surface area contributed by atoms with Crippen molar-refractivity contribution in [3.8, 4) is 0 Å². The van der Waals surface area contributed by atoms with Crippen molar-refractivity contribution in [1.29, 1.82) is 0 Å². The largest absolute Gasteiger partial charge is 0.478 e. The lowest BCUT2D eigenvalue weighted by Gasteiger charge is -2.06. The molecule has 21 heavy (non-hydrogen) atoms. The van der Waals surface area contributed by atoms with E-state index in [1.165, 1.54) is 0 Å². The van der Waals surface area contributed by atoms with Gasteiger partial charge < -0.3 is 5.11 Å². The molecule has 0 saturated carbocycles. The molecule has 0 fully saturated rings. The maximum atomic E-state index is 10.9. The van der Waals surface area contributed by atoms with E-state index in [-0.39, 0.29) is 5.56 Å². The summed E-state index contributed by atoms with van der Waals surface area (Å²) in [5.74, 6) is -0.937. The van der Waals surface area contributed by atoms with Gasteiger partial charge in [-0.25, -0.2) is 9.00 Å². The number of aryl methyl sites for hydroxylation is 2. The Kier molecular flexibility index (Phi) is 5.08. The van der Waals surface area contributed by atoms with E-state index in [4.69, 9.17) is 9.66 Å². The summed E-state index contributed by atoms with van der Waals surface area (Å²) in [5, 5.41) is 8.95. The Balaban J connectivity index is 2.04. The molecule has 1 unspecified atom stereocenters. The zero-order valence-corrected chi connectivity index (χ0v) is 12.0. The van der Waals surface area contributed by atoms with E-state index in [9.17, 15) is 9.00 Å². The van der Waals surface area contributed by atoms with E-state index in [2.05, 4.69) is 4.72 Å². The second-order valence-electron chi connectivity index (χ2n) is 4.56. The van der Waals surface area contributed by atoms with Crippen LogP contribution in [0, 0.1) is 0 Å². The van der Waals surface area contributed by atoms with Crippen LogP contribution in [0.25, 0.3) is 0 Å². The van der Waals surface area contributed by atoms with Crippen LogP contribution in [-0.2, 0) is 24.1 Å². The van der Waals surface area contributed by atoms with Gasteiger partial charge in [0.15, 0.2) is 0 Å². The Morgan fingerprint density at radius 2 is 1.67 bits per heavy atom. The first-order valence-electron chi connectivity index (χ1n) is 6.33. The molecule has 0 bridgehead atoms. The van der Waals surface area contributed by atoms with Gasteiger partial charge in [-0.2, -0.15) is 0 Å². The van der Waals surface area contributed by atoms with E-state index < -0.39 is 17.2 Å². The Bertz CT molecular complexity index is 672. The minimum Gasteiger partial charge on any atom is -0.478 e. The predicted octanol–water partition coefficient (Wildman–Crippen LogP) is 2.72. The molecule has 0 heterocycles. The number of benzene rings is 2. The molecule has 2 aromatic carbocycles. The molecule has 3 N–H and O–H groups in total. The van der Waals surface area contributed by atoms with E-state index in [0.29, 0.717) is 12.1 Å². The summed E-state index contributed by atoms with van der Waals surface area (Å²) in [5.41, 5.74) is 2.80. The quantitative estimate of drug-likeness (QED) is 0.716. The van der Waals surface area contributed by atoms with Crippen molar-refractivity contribution >= 4 is 22.9 Å². The fraction of sp³-hybridized carbons (Fsp3) is 0.133. The number of hydrogen-bond acceptors (Lipinski definition) is 2. The number of aromatic carboxylic acids is 1. The number of carboxylic acids is 1. The summed E-state index contributed by atoms with van der Waals surface area (Å²) in [6, 6.07) is 14.1. The number of carboxylic acid groups (broad SMARTS) is 1. The monoisotopic (exact) mass is 305 g/mol. The first-order chi connectivity index (χ1) is 10.0. The van der Waals surface area contributed by atoms with Crippen molar-refractivity contribution in [2.45, 2.75) is 12.8 Å². The fourth-order valence-corrected chi connectivity index (χ4v) is 2.37. The normalized spacial score (nSPS) is 11.9. The molecule has 2 aromatic rings. The fourth-order valence-electron chi connectivity index (χ4n) is 2.04. The Labute approximate surface area is 125 Å². The molecule has 5 nitrogen and oxygen atoms in total. The van der Waals surface area contributed by atoms with Gasteiger partial charge in [0.1, 0.15) is 0 Å². The van der Waals surface area contributed by atoms with E-state index in [1.54, 1.807) is 36.4 Å². The average molecular weight is 305 g/mol. The molecule has 1 atom stereocenters. The third-order valence-corrected chi connectivity index (χ3v) is 3.42. The molecule has 0 aliphatic rings. The number of carbonyl (C=O) groups is 1. The summed E-state index contributed by atoms with van der Waals surface area (Å²) >= 11 is -2.09. The van der Waals surface area contributed by atoms with Crippen molar-refractivity contribution < 1.29 is 18.7 Å². The van der Waals surface area contributed by atoms with Crippen molar-refractivity contribution in [2.24, 2.45) is 0 Å². The highest BCUT2D eigenvalue weighted by Crippen LogP contribution is 2.14. The number of rotatable bonds is 6. The molecule has 0 aliphatic heterocycles. The van der Waals surface area contributed by atoms with Crippen LogP contribution >= 0.6 is 0 Å². The van der Waals surface area contributed by atoms with Crippen LogP contribution in [0.2, 0.25) is 0 Å². The van der Waals surface area contributed by atoms with Gasteiger partial charge in [0.2, 0.25) is 0 Å². The van der Waals surface area contributed by atoms with Gasteiger partial charge in [-0.15, -0.1) is 0 Å². The van der Waals surface area contributed by atoms with Gasteiger partial charge in [0.25, 0.3) is 11.3 Å². The Morgan fingerprint density at radius 3 is 2.29 bits per heavy atom. The van der Waals surface area contributed by atoms with Crippen LogP contribution in [0.3, 0.4) is 0 Å². The first kappa shape index (κ1) is 15.2. The standard InChI is InChI=1S/C15H15NO4S/c17-15(18)13-5-1-3-11(9-13)7-8-12-4-2-6-14(10-12)16-21(19)20/h1-6,9-10,16H,7-8H2,(H,17,18)(H,19,20). The van der Waals surface area contributed by atoms with Gasteiger partial charge in [0.05, 0.1) is 5.56 Å². The van der Waals surface area contributed by atoms with E-state index in [0.717, 1.165) is 17.5 Å². The lowest BCUT2D eigenvalue weighted by atomic mass is 10.0. The number of hydrogen-bond donors (Lipinski definition) is 3. The highest BCUT2D eigenvalue weighted by Gasteiger charge is 2.04. The zero-order chi connectivity index (χ0) is 15.2. The summed E-state index contributed by atoms with van der Waals surface area (Å²) in [6.45, 7) is 0. The minimum absolute atomic E-state index is 0.276. The van der Waals surface area contributed by atoms with Crippen LogP contribution in [0.4, 0.5) is 5.69 Å². The molecule has 0 amide bonds. The molecular formula is C15H15NO4S. The van der Waals surface area contributed by atoms with Crippen molar-refractivity contribution in [2.75, 3.05) is 4.72 Å². The molecule has 0 spiro atoms. The number of nitrogens with one attached hydrogen (secondary N) is 1. The average Bonchev–Trinajstić information content (AvgIpc) is 2.45. The molecule has 0 aliphatic carbocycles. The van der Waals surface area contributed by atoms with Crippen LogP contribution in [0.1, 0.15) is 21.5 Å². The van der Waals surface area contributed by atoms with Crippen LogP contribution in [0.5, 0.6) is 0 Å². The molecule has 0 radical (unpaired) electrons. The smallest absolute Gasteiger partial charge is 0.335 e. The van der Waals surface area contributed by atoms with Crippen LogP contribution in [-0.4, -0.2) is 19.8 Å². The third-order valence-electron chi connectivity index (χ3n) is 3.01. The molecule has 2 rings (SSSR count). The van der Waals surface area contributed by atoms with Crippen molar-refractivity contribution in [3.05, 3.63) is 65.2 Å². The highest BCUT2D eigenvalue weighted by molar-refractivity contribution is 7.80. The van der Waals surface area contributed by atoms with Gasteiger partial charge in [0, 0.05) is 5.69 Å². The van der Waals surface area contributed by atoms with Crippen molar-refractivity contribution in [3.63, 3.8) is 0 Å².